The molecule has 1 heterocycles. The van der Waals surface area contributed by atoms with Crippen molar-refractivity contribution in [1.29, 1.82) is 0 Å². The second-order valence-electron chi connectivity index (χ2n) is 10.6. The fourth-order valence-electron chi connectivity index (χ4n) is 6.02. The third-order valence-corrected chi connectivity index (χ3v) is 8.05. The molecule has 42 heavy (non-hydrogen) atoms. The van der Waals surface area contributed by atoms with E-state index in [0.717, 1.165) is 39.4 Å². The standard InChI is InChI=1S/C40H27NO/c1-4-17-35-28(10-1)13-8-19-36(35)30-22-24-33(25-23-30)41(38-20-9-14-29-11-2-5-18-37(29)38)34-16-7-15-31(26-34)40-27-32-12-3-6-21-39(32)42-40/h1-27H. The lowest BCUT2D eigenvalue weighted by atomic mass is 9.98. The van der Waals surface area contributed by atoms with E-state index in [4.69, 9.17) is 4.42 Å². The Bertz CT molecular complexity index is 2160. The van der Waals surface area contributed by atoms with Gasteiger partial charge in [0.25, 0.3) is 0 Å². The van der Waals surface area contributed by atoms with Gasteiger partial charge in [-0.1, -0.05) is 121 Å². The normalized spacial score (nSPS) is 11.3. The van der Waals surface area contributed by atoms with E-state index in [1.165, 1.54) is 32.7 Å². The van der Waals surface area contributed by atoms with Gasteiger partial charge in [-0.3, -0.25) is 0 Å². The average Bonchev–Trinajstić information content (AvgIpc) is 3.50. The van der Waals surface area contributed by atoms with Crippen LogP contribution in [0, 0.1) is 0 Å². The molecule has 0 saturated carbocycles. The number of para-hydroxylation sites is 1. The van der Waals surface area contributed by atoms with Crippen molar-refractivity contribution in [1.82, 2.24) is 0 Å². The van der Waals surface area contributed by atoms with Gasteiger partial charge >= 0.3 is 0 Å². The maximum atomic E-state index is 6.25. The predicted octanol–water partition coefficient (Wildman–Crippen LogP) is 11.5. The predicted molar refractivity (Wildman–Crippen MR) is 177 cm³/mol. The number of nitrogens with zero attached hydrogens (tertiary/aromatic N) is 1. The van der Waals surface area contributed by atoms with Crippen LogP contribution >= 0.6 is 0 Å². The largest absolute Gasteiger partial charge is 0.456 e. The highest BCUT2D eigenvalue weighted by molar-refractivity contribution is 6.00. The molecule has 0 aliphatic rings. The smallest absolute Gasteiger partial charge is 0.135 e. The Morgan fingerprint density at radius 2 is 1.05 bits per heavy atom. The van der Waals surface area contributed by atoms with Gasteiger partial charge in [-0.15, -0.1) is 0 Å². The molecule has 8 rings (SSSR count). The highest BCUT2D eigenvalue weighted by atomic mass is 16.3. The van der Waals surface area contributed by atoms with Gasteiger partial charge in [-0.05, 0) is 69.8 Å². The Hall–Kier alpha value is -5.60. The lowest BCUT2D eigenvalue weighted by Crippen LogP contribution is -2.10. The number of rotatable bonds is 5. The first-order valence-corrected chi connectivity index (χ1v) is 14.3. The van der Waals surface area contributed by atoms with Gasteiger partial charge in [-0.25, -0.2) is 0 Å². The number of fused-ring (bicyclic) bond motifs is 3. The first-order chi connectivity index (χ1) is 20.8. The number of anilines is 3. The molecule has 0 N–H and O–H groups in total. The van der Waals surface area contributed by atoms with E-state index in [9.17, 15) is 0 Å². The van der Waals surface area contributed by atoms with Crippen molar-refractivity contribution in [3.8, 4) is 22.5 Å². The highest BCUT2D eigenvalue weighted by Crippen LogP contribution is 2.41. The van der Waals surface area contributed by atoms with Crippen LogP contribution in [-0.2, 0) is 0 Å². The van der Waals surface area contributed by atoms with Gasteiger partial charge in [0.1, 0.15) is 11.3 Å². The lowest BCUT2D eigenvalue weighted by Gasteiger charge is -2.27. The zero-order valence-corrected chi connectivity index (χ0v) is 22.9. The summed E-state index contributed by atoms with van der Waals surface area (Å²) in [4.78, 5) is 2.35. The van der Waals surface area contributed by atoms with Gasteiger partial charge in [0.2, 0.25) is 0 Å². The Morgan fingerprint density at radius 3 is 1.86 bits per heavy atom. The van der Waals surface area contributed by atoms with Crippen molar-refractivity contribution >= 4 is 49.6 Å². The molecule has 7 aromatic carbocycles. The van der Waals surface area contributed by atoms with Crippen molar-refractivity contribution in [2.75, 3.05) is 4.90 Å². The molecule has 1 aromatic heterocycles. The lowest BCUT2D eigenvalue weighted by molar-refractivity contribution is 0.631. The maximum absolute atomic E-state index is 6.25. The van der Waals surface area contributed by atoms with E-state index in [1.807, 2.05) is 18.2 Å². The Labute approximate surface area is 244 Å². The van der Waals surface area contributed by atoms with Crippen LogP contribution in [0.5, 0.6) is 0 Å². The minimum Gasteiger partial charge on any atom is -0.456 e. The Morgan fingerprint density at radius 1 is 0.405 bits per heavy atom. The quantitative estimate of drug-likeness (QED) is 0.217. The van der Waals surface area contributed by atoms with E-state index in [1.54, 1.807) is 0 Å². The van der Waals surface area contributed by atoms with Crippen LogP contribution in [-0.4, -0.2) is 0 Å². The van der Waals surface area contributed by atoms with Gasteiger partial charge in [-0.2, -0.15) is 0 Å². The first-order valence-electron chi connectivity index (χ1n) is 14.3. The summed E-state index contributed by atoms with van der Waals surface area (Å²) in [5.41, 5.74) is 7.67. The van der Waals surface area contributed by atoms with Crippen LogP contribution < -0.4 is 4.90 Å². The molecule has 0 aliphatic carbocycles. The molecule has 198 valence electrons. The van der Waals surface area contributed by atoms with Crippen molar-refractivity contribution in [2.45, 2.75) is 0 Å². The molecule has 0 spiro atoms. The molecule has 2 nitrogen and oxygen atoms in total. The summed E-state index contributed by atoms with van der Waals surface area (Å²) < 4.78 is 6.25. The van der Waals surface area contributed by atoms with Crippen molar-refractivity contribution in [3.63, 3.8) is 0 Å². The topological polar surface area (TPSA) is 16.4 Å². The zero-order chi connectivity index (χ0) is 27.9. The second-order valence-corrected chi connectivity index (χ2v) is 10.6. The highest BCUT2D eigenvalue weighted by Gasteiger charge is 2.17. The van der Waals surface area contributed by atoms with Crippen LogP contribution in [0.3, 0.4) is 0 Å². The summed E-state index contributed by atoms with van der Waals surface area (Å²) in [7, 11) is 0. The molecule has 2 heteroatoms. The summed E-state index contributed by atoms with van der Waals surface area (Å²) in [6.45, 7) is 0. The van der Waals surface area contributed by atoms with Crippen molar-refractivity contribution in [3.05, 3.63) is 164 Å². The van der Waals surface area contributed by atoms with Crippen LogP contribution in [0.15, 0.2) is 168 Å². The van der Waals surface area contributed by atoms with E-state index in [-0.39, 0.29) is 0 Å². The summed E-state index contributed by atoms with van der Waals surface area (Å²) in [6, 6.07) is 58.0. The monoisotopic (exact) mass is 537 g/mol. The number of hydrogen-bond donors (Lipinski definition) is 0. The van der Waals surface area contributed by atoms with Gasteiger partial charge in [0.05, 0.1) is 5.69 Å². The molecule has 0 fully saturated rings. The second kappa shape index (κ2) is 10.1. The van der Waals surface area contributed by atoms with Gasteiger partial charge < -0.3 is 9.32 Å². The third kappa shape index (κ3) is 4.22. The SMILES string of the molecule is c1cc(-c2cc3ccccc3o2)cc(N(c2ccc(-c3cccc4ccccc34)cc2)c2cccc3ccccc23)c1. The molecular weight excluding hydrogens is 510 g/mol. The molecule has 0 unspecified atom stereocenters. The number of furan rings is 1. The van der Waals surface area contributed by atoms with Crippen LogP contribution in [0.1, 0.15) is 0 Å². The minimum atomic E-state index is 0.863. The van der Waals surface area contributed by atoms with Gasteiger partial charge in [0.15, 0.2) is 0 Å². The van der Waals surface area contributed by atoms with Crippen LogP contribution in [0.25, 0.3) is 55.0 Å². The molecule has 0 radical (unpaired) electrons. The zero-order valence-electron chi connectivity index (χ0n) is 22.9. The molecule has 0 amide bonds. The Kier molecular flexibility index (Phi) is 5.82. The average molecular weight is 538 g/mol. The molecule has 0 aliphatic heterocycles. The molecule has 8 aromatic rings. The molecule has 0 bridgehead atoms. The molecule has 0 atom stereocenters. The van der Waals surface area contributed by atoms with Crippen molar-refractivity contribution < 1.29 is 4.42 Å². The molecule has 0 saturated heterocycles. The Balaban J connectivity index is 1.28. The number of hydrogen-bond acceptors (Lipinski definition) is 2. The first kappa shape index (κ1) is 24.2. The van der Waals surface area contributed by atoms with E-state index >= 15 is 0 Å². The number of benzene rings is 7. The van der Waals surface area contributed by atoms with E-state index in [2.05, 4.69) is 150 Å². The summed E-state index contributed by atoms with van der Waals surface area (Å²) >= 11 is 0. The van der Waals surface area contributed by atoms with Crippen LogP contribution in [0.2, 0.25) is 0 Å². The summed E-state index contributed by atoms with van der Waals surface area (Å²) in [5.74, 6) is 0.863. The fourth-order valence-corrected chi connectivity index (χ4v) is 6.02. The summed E-state index contributed by atoms with van der Waals surface area (Å²) in [6.07, 6.45) is 0. The van der Waals surface area contributed by atoms with Crippen LogP contribution in [0.4, 0.5) is 17.1 Å². The van der Waals surface area contributed by atoms with Gasteiger partial charge in [0, 0.05) is 27.7 Å². The molecular formula is C40H27NO. The van der Waals surface area contributed by atoms with E-state index < -0.39 is 0 Å². The maximum Gasteiger partial charge on any atom is 0.135 e. The minimum absolute atomic E-state index is 0.863. The fraction of sp³-hybridized carbons (Fsp3) is 0. The van der Waals surface area contributed by atoms with E-state index in [0.29, 0.717) is 0 Å². The third-order valence-electron chi connectivity index (χ3n) is 8.05. The summed E-state index contributed by atoms with van der Waals surface area (Å²) in [5, 5.41) is 6.02. The van der Waals surface area contributed by atoms with Crippen molar-refractivity contribution in [2.24, 2.45) is 0 Å².